The lowest BCUT2D eigenvalue weighted by Crippen LogP contribution is -2.52. The number of nitrogens with two attached hydrogens (primary N) is 1. The van der Waals surface area contributed by atoms with Gasteiger partial charge in [0, 0.05) is 25.7 Å². The molecule has 6 heteroatoms. The summed E-state index contributed by atoms with van der Waals surface area (Å²) in [4.78, 5) is 26.0. The number of amides is 2. The molecule has 5 nitrogen and oxygen atoms in total. The van der Waals surface area contributed by atoms with E-state index in [9.17, 15) is 9.59 Å². The molecular formula is C11H15N3O2S. The second-order valence-corrected chi connectivity index (χ2v) is 5.16. The summed E-state index contributed by atoms with van der Waals surface area (Å²) in [5.74, 6) is -0.501. The van der Waals surface area contributed by atoms with Gasteiger partial charge in [0.05, 0.1) is 9.75 Å². The number of primary amides is 1. The molecule has 1 saturated heterocycles. The number of nitrogens with zero attached hydrogens (tertiary/aromatic N) is 1. The summed E-state index contributed by atoms with van der Waals surface area (Å²) in [5.41, 5.74) is 5.17. The lowest BCUT2D eigenvalue weighted by Gasteiger charge is -2.33. The maximum atomic E-state index is 12.2. The molecule has 0 bridgehead atoms. The number of carbonyl (C=O) groups excluding carboxylic acids is 2. The van der Waals surface area contributed by atoms with Gasteiger partial charge < -0.3 is 16.0 Å². The van der Waals surface area contributed by atoms with E-state index in [4.69, 9.17) is 5.73 Å². The molecule has 0 saturated carbocycles. The van der Waals surface area contributed by atoms with Crippen LogP contribution >= 0.6 is 11.3 Å². The van der Waals surface area contributed by atoms with Gasteiger partial charge in [0.2, 0.25) is 0 Å². The van der Waals surface area contributed by atoms with Gasteiger partial charge in [0.15, 0.2) is 0 Å². The van der Waals surface area contributed by atoms with Gasteiger partial charge in [0.25, 0.3) is 11.8 Å². The molecule has 0 aromatic carbocycles. The van der Waals surface area contributed by atoms with Crippen molar-refractivity contribution in [2.45, 2.75) is 13.0 Å². The number of piperazine rings is 1. The first kappa shape index (κ1) is 12.1. The lowest BCUT2D eigenvalue weighted by atomic mass is 10.2. The number of nitrogens with one attached hydrogen (secondary N) is 1. The van der Waals surface area contributed by atoms with E-state index in [0.29, 0.717) is 16.3 Å². The first-order chi connectivity index (χ1) is 8.09. The highest BCUT2D eigenvalue weighted by molar-refractivity contribution is 7.15. The molecular weight excluding hydrogens is 238 g/mol. The van der Waals surface area contributed by atoms with E-state index < -0.39 is 5.91 Å². The summed E-state index contributed by atoms with van der Waals surface area (Å²) in [6.07, 6.45) is 0. The molecule has 1 aliphatic heterocycles. The van der Waals surface area contributed by atoms with Gasteiger partial charge in [-0.15, -0.1) is 11.3 Å². The van der Waals surface area contributed by atoms with E-state index in [1.165, 1.54) is 0 Å². The third-order valence-electron chi connectivity index (χ3n) is 2.82. The number of carbonyl (C=O) groups is 2. The van der Waals surface area contributed by atoms with Gasteiger partial charge in [0.1, 0.15) is 0 Å². The fraction of sp³-hybridized carbons (Fsp3) is 0.455. The maximum absolute atomic E-state index is 12.2. The van der Waals surface area contributed by atoms with Crippen LogP contribution in [0.25, 0.3) is 0 Å². The van der Waals surface area contributed by atoms with E-state index in [2.05, 4.69) is 5.32 Å². The number of thiophene rings is 1. The van der Waals surface area contributed by atoms with Crippen LogP contribution in [-0.4, -0.2) is 42.4 Å². The van der Waals surface area contributed by atoms with Gasteiger partial charge >= 0.3 is 0 Å². The number of rotatable bonds is 2. The predicted molar refractivity (Wildman–Crippen MR) is 66.2 cm³/mol. The van der Waals surface area contributed by atoms with Crippen molar-refractivity contribution < 1.29 is 9.59 Å². The van der Waals surface area contributed by atoms with E-state index in [0.717, 1.165) is 24.4 Å². The van der Waals surface area contributed by atoms with Crippen LogP contribution in [0.1, 0.15) is 26.3 Å². The third kappa shape index (κ3) is 2.48. The molecule has 0 spiro atoms. The second kappa shape index (κ2) is 4.85. The molecule has 2 amide bonds. The van der Waals surface area contributed by atoms with Crippen molar-refractivity contribution in [3.05, 3.63) is 21.9 Å². The lowest BCUT2D eigenvalue weighted by molar-refractivity contribution is 0.0660. The summed E-state index contributed by atoms with van der Waals surface area (Å²) in [6.45, 7) is 4.32. The maximum Gasteiger partial charge on any atom is 0.264 e. The average molecular weight is 253 g/mol. The molecule has 1 aromatic heterocycles. The number of hydrogen-bond acceptors (Lipinski definition) is 4. The standard InChI is InChI=1S/C11H15N3O2S/c1-7-6-13-4-5-14(7)11(16)9-3-2-8(17-9)10(12)15/h2-3,7,13H,4-6H2,1H3,(H2,12,15). The van der Waals surface area contributed by atoms with Gasteiger partial charge in [-0.2, -0.15) is 0 Å². The fourth-order valence-corrected chi connectivity index (χ4v) is 2.68. The molecule has 0 radical (unpaired) electrons. The van der Waals surface area contributed by atoms with E-state index in [-0.39, 0.29) is 11.9 Å². The van der Waals surface area contributed by atoms with Crippen LogP contribution in [0.3, 0.4) is 0 Å². The Balaban J connectivity index is 2.15. The summed E-state index contributed by atoms with van der Waals surface area (Å²) < 4.78 is 0. The molecule has 2 heterocycles. The molecule has 1 atom stereocenters. The van der Waals surface area contributed by atoms with Crippen molar-refractivity contribution in [3.63, 3.8) is 0 Å². The highest BCUT2D eigenvalue weighted by Gasteiger charge is 2.25. The minimum absolute atomic E-state index is 0.0171. The quantitative estimate of drug-likeness (QED) is 0.795. The Kier molecular flexibility index (Phi) is 3.44. The van der Waals surface area contributed by atoms with Crippen LogP contribution in [0.5, 0.6) is 0 Å². The van der Waals surface area contributed by atoms with Crippen molar-refractivity contribution in [2.24, 2.45) is 5.73 Å². The van der Waals surface area contributed by atoms with E-state index in [1.54, 1.807) is 12.1 Å². The molecule has 1 fully saturated rings. The Hall–Kier alpha value is -1.40. The zero-order chi connectivity index (χ0) is 12.4. The van der Waals surface area contributed by atoms with Crippen LogP contribution in [0.4, 0.5) is 0 Å². The minimum atomic E-state index is -0.484. The largest absolute Gasteiger partial charge is 0.365 e. The monoisotopic (exact) mass is 253 g/mol. The summed E-state index contributed by atoms with van der Waals surface area (Å²) in [5, 5.41) is 3.23. The summed E-state index contributed by atoms with van der Waals surface area (Å²) in [7, 11) is 0. The van der Waals surface area contributed by atoms with Crippen molar-refractivity contribution in [2.75, 3.05) is 19.6 Å². The zero-order valence-corrected chi connectivity index (χ0v) is 10.4. The SMILES string of the molecule is CC1CNCCN1C(=O)c1ccc(C(N)=O)s1. The average Bonchev–Trinajstić information content (AvgIpc) is 2.78. The molecule has 1 unspecified atom stereocenters. The van der Waals surface area contributed by atoms with Gasteiger partial charge in [-0.1, -0.05) is 0 Å². The highest BCUT2D eigenvalue weighted by atomic mass is 32.1. The Labute approximate surface area is 104 Å². The van der Waals surface area contributed by atoms with Crippen molar-refractivity contribution in [1.82, 2.24) is 10.2 Å². The number of hydrogen-bond donors (Lipinski definition) is 2. The molecule has 1 aromatic rings. The van der Waals surface area contributed by atoms with Crippen LogP contribution < -0.4 is 11.1 Å². The molecule has 3 N–H and O–H groups in total. The molecule has 1 aliphatic rings. The van der Waals surface area contributed by atoms with Crippen LogP contribution in [0.15, 0.2) is 12.1 Å². The van der Waals surface area contributed by atoms with Gasteiger partial charge in [-0.3, -0.25) is 9.59 Å². The summed E-state index contributed by atoms with van der Waals surface area (Å²) >= 11 is 1.16. The van der Waals surface area contributed by atoms with Gasteiger partial charge in [-0.25, -0.2) is 0 Å². The van der Waals surface area contributed by atoms with Crippen molar-refractivity contribution in [1.29, 1.82) is 0 Å². The Morgan fingerprint density at radius 3 is 2.76 bits per heavy atom. The smallest absolute Gasteiger partial charge is 0.264 e. The Morgan fingerprint density at radius 1 is 1.47 bits per heavy atom. The zero-order valence-electron chi connectivity index (χ0n) is 9.60. The first-order valence-corrected chi connectivity index (χ1v) is 6.32. The van der Waals surface area contributed by atoms with Crippen LogP contribution in [0, 0.1) is 0 Å². The molecule has 0 aliphatic carbocycles. The van der Waals surface area contributed by atoms with Gasteiger partial charge in [-0.05, 0) is 19.1 Å². The third-order valence-corrected chi connectivity index (χ3v) is 3.91. The predicted octanol–water partition coefficient (Wildman–Crippen LogP) is 0.281. The summed E-state index contributed by atoms with van der Waals surface area (Å²) in [6, 6.07) is 3.45. The highest BCUT2D eigenvalue weighted by Crippen LogP contribution is 2.19. The second-order valence-electron chi connectivity index (χ2n) is 4.08. The van der Waals surface area contributed by atoms with Crippen molar-refractivity contribution >= 4 is 23.2 Å². The molecule has 92 valence electrons. The first-order valence-electron chi connectivity index (χ1n) is 5.51. The topological polar surface area (TPSA) is 75.4 Å². The Bertz CT molecular complexity index is 444. The van der Waals surface area contributed by atoms with Crippen molar-refractivity contribution in [3.8, 4) is 0 Å². The minimum Gasteiger partial charge on any atom is -0.365 e. The Morgan fingerprint density at radius 2 is 2.18 bits per heavy atom. The molecule has 17 heavy (non-hydrogen) atoms. The van der Waals surface area contributed by atoms with Crippen LogP contribution in [-0.2, 0) is 0 Å². The van der Waals surface area contributed by atoms with Crippen LogP contribution in [0.2, 0.25) is 0 Å². The van der Waals surface area contributed by atoms with E-state index >= 15 is 0 Å². The normalized spacial score (nSPS) is 20.3. The molecule has 2 rings (SSSR count). The van der Waals surface area contributed by atoms with E-state index in [1.807, 2.05) is 11.8 Å². The fourth-order valence-electron chi connectivity index (χ4n) is 1.87.